The van der Waals surface area contributed by atoms with Gasteiger partial charge in [-0.15, -0.1) is 19.8 Å². The van der Waals surface area contributed by atoms with Gasteiger partial charge in [-0.05, 0) is 19.3 Å². The number of carbonyl (C=O) groups excluding carboxylic acids is 3. The van der Waals surface area contributed by atoms with Gasteiger partial charge in [0.25, 0.3) is 0 Å². The summed E-state index contributed by atoms with van der Waals surface area (Å²) in [6, 6.07) is 0. The molecule has 0 rings (SSSR count). The smallest absolute Gasteiger partial charge is 0.854 e. The number of hydrogen-bond acceptors (Lipinski definition) is 9. The first-order chi connectivity index (χ1) is 14.1. The number of carbonyl (C=O) groups is 3. The standard InChI is InChI=1S/3C4H9O.3C3H6O2.2Al/c3*1-2-3-4-5;3*1-2-3(4)5;;/h3*2-4H2,1H3;3*2H2,1H3,(H,4,5);;/q3*-1;;;;2*+3/p-3. The Morgan fingerprint density at radius 2 is 0.594 bits per heavy atom. The quantitative estimate of drug-likeness (QED) is 0.304. The van der Waals surface area contributed by atoms with Gasteiger partial charge >= 0.3 is 34.7 Å². The number of aliphatic carboxylic acids is 3. The number of rotatable bonds is 9. The Morgan fingerprint density at radius 3 is 0.594 bits per heavy atom. The first kappa shape index (κ1) is 53.0. The normalized spacial score (nSPS) is 7.41. The fourth-order valence-corrected chi connectivity index (χ4v) is 0.433. The minimum atomic E-state index is -0.995. The van der Waals surface area contributed by atoms with E-state index in [-0.39, 0.29) is 73.8 Å². The molecule has 186 valence electrons. The molecule has 0 aromatic rings. The van der Waals surface area contributed by atoms with Crippen LogP contribution in [0.2, 0.25) is 0 Å². The number of carboxylic acids is 3. The zero-order valence-corrected chi connectivity index (χ0v) is 23.1. The van der Waals surface area contributed by atoms with Crippen LogP contribution < -0.4 is 30.6 Å². The van der Waals surface area contributed by atoms with Gasteiger partial charge in [0.1, 0.15) is 0 Å². The van der Waals surface area contributed by atoms with Crippen LogP contribution in [-0.2, 0) is 14.4 Å². The van der Waals surface area contributed by atoms with Crippen molar-refractivity contribution in [1.82, 2.24) is 0 Å². The fraction of sp³-hybridized carbons (Fsp3) is 0.857. The summed E-state index contributed by atoms with van der Waals surface area (Å²) in [5.74, 6) is -2.99. The molecule has 0 radical (unpaired) electrons. The number of carboxylic acid groups (broad SMARTS) is 3. The average molecular weight is 493 g/mol. The summed E-state index contributed by atoms with van der Waals surface area (Å²) < 4.78 is 0. The molecule has 0 aromatic heterocycles. The average Bonchev–Trinajstić information content (AvgIpc) is 2.72. The molecule has 0 unspecified atom stereocenters. The molecule has 0 spiro atoms. The maximum atomic E-state index is 9.53. The topological polar surface area (TPSA) is 190 Å². The van der Waals surface area contributed by atoms with E-state index in [1.54, 1.807) is 0 Å². The summed E-state index contributed by atoms with van der Waals surface area (Å²) in [6.07, 6.45) is 5.93. The molecule has 0 aliphatic carbocycles. The van der Waals surface area contributed by atoms with E-state index in [0.29, 0.717) is 0 Å². The van der Waals surface area contributed by atoms with Gasteiger partial charge < -0.3 is 45.0 Å². The van der Waals surface area contributed by atoms with E-state index < -0.39 is 17.9 Å². The first-order valence-electron chi connectivity index (χ1n) is 10.4. The Labute approximate surface area is 216 Å². The van der Waals surface area contributed by atoms with Crippen LogP contribution in [0.3, 0.4) is 0 Å². The third-order valence-corrected chi connectivity index (χ3v) is 2.36. The molecule has 0 aliphatic heterocycles. The van der Waals surface area contributed by atoms with Crippen molar-refractivity contribution in [3.63, 3.8) is 0 Å². The van der Waals surface area contributed by atoms with Gasteiger partial charge in [-0.3, -0.25) is 0 Å². The molecule has 0 saturated heterocycles. The van der Waals surface area contributed by atoms with Crippen LogP contribution in [-0.4, -0.2) is 72.5 Å². The van der Waals surface area contributed by atoms with Crippen molar-refractivity contribution in [1.29, 1.82) is 0 Å². The molecule has 0 saturated carbocycles. The van der Waals surface area contributed by atoms with Crippen LogP contribution in [0.1, 0.15) is 99.3 Å². The summed E-state index contributed by atoms with van der Waals surface area (Å²) >= 11 is 0. The molecule has 0 amide bonds. The number of unbranched alkanes of at least 4 members (excludes halogenated alkanes) is 3. The Hall–Kier alpha value is -0.645. The molecular weight excluding hydrogens is 450 g/mol. The van der Waals surface area contributed by atoms with Gasteiger partial charge in [-0.2, -0.15) is 0 Å². The molecule has 0 N–H and O–H groups in total. The zero-order valence-electron chi connectivity index (χ0n) is 20.8. The van der Waals surface area contributed by atoms with Crippen LogP contribution in [0.25, 0.3) is 0 Å². The van der Waals surface area contributed by atoms with E-state index in [9.17, 15) is 45.0 Å². The molecule has 9 nitrogen and oxygen atoms in total. The van der Waals surface area contributed by atoms with Gasteiger partial charge in [-0.25, -0.2) is 0 Å². The van der Waals surface area contributed by atoms with E-state index in [4.69, 9.17) is 0 Å². The predicted molar refractivity (Wildman–Crippen MR) is 117 cm³/mol. The number of hydrogen-bond donors (Lipinski definition) is 0. The van der Waals surface area contributed by atoms with Crippen LogP contribution in [0.15, 0.2) is 0 Å². The first-order valence-corrected chi connectivity index (χ1v) is 10.4. The molecule has 0 atom stereocenters. The SMILES string of the molecule is CCC(=O)[O-].CCC(=O)[O-].CCC(=O)[O-].CCCC[O-].CCCC[O-].CCCC[O-].[Al+3].[Al+3]. The summed E-state index contributed by atoms with van der Waals surface area (Å²) in [6.45, 7) is 10.9. The van der Waals surface area contributed by atoms with Gasteiger partial charge in [0.15, 0.2) is 0 Å². The van der Waals surface area contributed by atoms with Crippen LogP contribution >= 0.6 is 0 Å². The minimum absolute atomic E-state index is 0. The van der Waals surface area contributed by atoms with Crippen molar-refractivity contribution in [2.45, 2.75) is 99.3 Å². The van der Waals surface area contributed by atoms with Crippen molar-refractivity contribution >= 4 is 52.6 Å². The van der Waals surface area contributed by atoms with E-state index in [2.05, 4.69) is 0 Å². The van der Waals surface area contributed by atoms with Crippen molar-refractivity contribution in [2.75, 3.05) is 19.8 Å². The van der Waals surface area contributed by atoms with Crippen molar-refractivity contribution < 1.29 is 45.0 Å². The van der Waals surface area contributed by atoms with E-state index in [0.717, 1.165) is 38.5 Å². The van der Waals surface area contributed by atoms with Gasteiger partial charge in [-0.1, -0.05) is 80.1 Å². The fourth-order valence-electron chi connectivity index (χ4n) is 0.433. The summed E-state index contributed by atoms with van der Waals surface area (Å²) in [4.78, 5) is 27.8. The third-order valence-electron chi connectivity index (χ3n) is 2.36. The molecule has 0 heterocycles. The Bertz CT molecular complexity index is 266. The molecular formula is C21H42Al2O9. The maximum Gasteiger partial charge on any atom is 3.00 e. The largest absolute Gasteiger partial charge is 3.00 e. The van der Waals surface area contributed by atoms with Crippen molar-refractivity contribution in [2.24, 2.45) is 0 Å². The van der Waals surface area contributed by atoms with Crippen LogP contribution in [0.4, 0.5) is 0 Å². The summed E-state index contributed by atoms with van der Waals surface area (Å²) in [7, 11) is 0. The van der Waals surface area contributed by atoms with Crippen LogP contribution in [0.5, 0.6) is 0 Å². The van der Waals surface area contributed by atoms with Gasteiger partial charge in [0.05, 0.1) is 0 Å². The van der Waals surface area contributed by atoms with Crippen molar-refractivity contribution in [3.05, 3.63) is 0 Å². The van der Waals surface area contributed by atoms with Crippen LogP contribution in [0, 0.1) is 0 Å². The summed E-state index contributed by atoms with van der Waals surface area (Å²) in [5.41, 5.74) is 0. The second-order valence-electron chi connectivity index (χ2n) is 5.35. The zero-order chi connectivity index (χ0) is 25.2. The Balaban J connectivity index is -0.0000000356. The Morgan fingerprint density at radius 1 is 0.469 bits per heavy atom. The molecule has 0 aliphatic rings. The van der Waals surface area contributed by atoms with Gasteiger partial charge in [0, 0.05) is 17.9 Å². The Kier molecular flexibility index (Phi) is 104. The minimum Gasteiger partial charge on any atom is -0.854 e. The van der Waals surface area contributed by atoms with E-state index in [1.807, 2.05) is 20.8 Å². The molecule has 0 bridgehead atoms. The predicted octanol–water partition coefficient (Wildman–Crippen LogP) is -2.88. The van der Waals surface area contributed by atoms with Gasteiger partial charge in [0.2, 0.25) is 0 Å². The second kappa shape index (κ2) is 63.1. The second-order valence-corrected chi connectivity index (χ2v) is 5.35. The molecule has 0 fully saturated rings. The van der Waals surface area contributed by atoms with E-state index >= 15 is 0 Å². The monoisotopic (exact) mass is 492 g/mol. The van der Waals surface area contributed by atoms with E-state index in [1.165, 1.54) is 20.8 Å². The maximum absolute atomic E-state index is 9.53. The molecule has 32 heavy (non-hydrogen) atoms. The summed E-state index contributed by atoms with van der Waals surface area (Å²) in [5, 5.41) is 56.4. The molecule has 0 aromatic carbocycles. The third kappa shape index (κ3) is 183. The molecule has 11 heteroatoms. The van der Waals surface area contributed by atoms with Crippen molar-refractivity contribution in [3.8, 4) is 0 Å².